The summed E-state index contributed by atoms with van der Waals surface area (Å²) in [6.45, 7) is 0.768. The van der Waals surface area contributed by atoms with Crippen LogP contribution in [0.3, 0.4) is 0 Å². The quantitative estimate of drug-likeness (QED) is 0.827. The van der Waals surface area contributed by atoms with E-state index in [0.29, 0.717) is 5.95 Å². The van der Waals surface area contributed by atoms with Crippen molar-refractivity contribution in [3.8, 4) is 5.75 Å². The molecular weight excluding hydrogens is 262 g/mol. The van der Waals surface area contributed by atoms with Crippen LogP contribution in [-0.2, 0) is 7.05 Å². The highest BCUT2D eigenvalue weighted by atomic mass is 16.4. The fourth-order valence-corrected chi connectivity index (χ4v) is 3.37. The van der Waals surface area contributed by atoms with E-state index >= 15 is 0 Å². The molecule has 1 saturated carbocycles. The molecule has 0 radical (unpaired) electrons. The maximum absolute atomic E-state index is 11.9. The van der Waals surface area contributed by atoms with E-state index in [-0.39, 0.29) is 5.54 Å². The van der Waals surface area contributed by atoms with Crippen molar-refractivity contribution >= 4 is 11.9 Å². The number of aromatic hydroxyl groups is 1. The number of carbonyl (C=O) groups is 1. The Balaban J connectivity index is 2.10. The fraction of sp³-hybridized carbons (Fsp3) is 0.615. The van der Waals surface area contributed by atoms with Gasteiger partial charge in [-0.1, -0.05) is 12.8 Å². The van der Waals surface area contributed by atoms with E-state index in [2.05, 4.69) is 4.98 Å². The Morgan fingerprint density at radius 3 is 2.45 bits per heavy atom. The number of carboxylic acid groups (broad SMARTS) is 1. The molecule has 2 fully saturated rings. The van der Waals surface area contributed by atoms with E-state index in [0.717, 1.165) is 38.6 Å². The van der Waals surface area contributed by atoms with E-state index in [1.807, 2.05) is 4.90 Å². The van der Waals surface area contributed by atoms with Crippen LogP contribution in [0, 0.1) is 0 Å². The molecule has 1 aliphatic carbocycles. The molecule has 20 heavy (non-hydrogen) atoms. The van der Waals surface area contributed by atoms with Gasteiger partial charge in [0.1, 0.15) is 0 Å². The van der Waals surface area contributed by atoms with Gasteiger partial charge in [0.05, 0.1) is 0 Å². The maximum Gasteiger partial charge on any atom is 0.358 e. The Bertz CT molecular complexity index is 631. The third kappa shape index (κ3) is 1.62. The molecule has 7 nitrogen and oxygen atoms in total. The smallest absolute Gasteiger partial charge is 0.358 e. The van der Waals surface area contributed by atoms with Crippen molar-refractivity contribution in [2.45, 2.75) is 37.6 Å². The summed E-state index contributed by atoms with van der Waals surface area (Å²) in [5, 5.41) is 18.7. The minimum atomic E-state index is -1.39. The van der Waals surface area contributed by atoms with Crippen molar-refractivity contribution in [3.05, 3.63) is 16.0 Å². The first-order chi connectivity index (χ1) is 9.46. The van der Waals surface area contributed by atoms with Crippen LogP contribution < -0.4 is 10.5 Å². The van der Waals surface area contributed by atoms with E-state index in [1.54, 1.807) is 0 Å². The third-order valence-electron chi connectivity index (χ3n) is 4.59. The molecule has 2 N–H and O–H groups in total. The standard InChI is InChI=1S/C13H17N3O4/c1-15-10(18)9(17)8(11(19)20)14-12(15)16-7-6-13(16)4-2-3-5-13/h17H,2-7H2,1H3,(H,19,20). The van der Waals surface area contributed by atoms with E-state index in [1.165, 1.54) is 11.6 Å². The molecule has 2 aliphatic rings. The summed E-state index contributed by atoms with van der Waals surface area (Å²) < 4.78 is 1.24. The molecule has 0 amide bonds. The zero-order valence-electron chi connectivity index (χ0n) is 11.3. The number of hydrogen-bond acceptors (Lipinski definition) is 5. The van der Waals surface area contributed by atoms with Crippen LogP contribution in [0.5, 0.6) is 5.75 Å². The molecule has 1 saturated heterocycles. The highest BCUT2D eigenvalue weighted by Gasteiger charge is 2.48. The summed E-state index contributed by atoms with van der Waals surface area (Å²) in [6.07, 6.45) is 5.44. The highest BCUT2D eigenvalue weighted by Crippen LogP contribution is 2.46. The SMILES string of the molecule is Cn1c(N2CCC23CCCC3)nc(C(=O)O)c(O)c1=O. The lowest BCUT2D eigenvalue weighted by Crippen LogP contribution is -2.60. The zero-order chi connectivity index (χ0) is 14.5. The molecule has 0 atom stereocenters. The molecule has 108 valence electrons. The molecule has 2 heterocycles. The predicted molar refractivity (Wildman–Crippen MR) is 71.3 cm³/mol. The number of aromatic carboxylic acids is 1. The summed E-state index contributed by atoms with van der Waals surface area (Å²) in [7, 11) is 1.51. The Morgan fingerprint density at radius 1 is 1.30 bits per heavy atom. The molecule has 7 heteroatoms. The van der Waals surface area contributed by atoms with Crippen LogP contribution in [0.25, 0.3) is 0 Å². The minimum absolute atomic E-state index is 0.0317. The molecule has 1 aliphatic heterocycles. The molecule has 1 spiro atoms. The van der Waals surface area contributed by atoms with Gasteiger partial charge in [0.25, 0.3) is 5.56 Å². The topological polar surface area (TPSA) is 95.7 Å². The first-order valence-electron chi connectivity index (χ1n) is 6.77. The maximum atomic E-state index is 11.9. The van der Waals surface area contributed by atoms with Gasteiger partial charge in [0, 0.05) is 19.1 Å². The van der Waals surface area contributed by atoms with Gasteiger partial charge in [-0.05, 0) is 19.3 Å². The van der Waals surface area contributed by atoms with Gasteiger partial charge >= 0.3 is 5.97 Å². The first kappa shape index (κ1) is 13.0. The zero-order valence-corrected chi connectivity index (χ0v) is 11.3. The van der Waals surface area contributed by atoms with Crippen molar-refractivity contribution < 1.29 is 15.0 Å². The normalized spacial score (nSPS) is 20.1. The van der Waals surface area contributed by atoms with Crippen LogP contribution in [0.1, 0.15) is 42.6 Å². The van der Waals surface area contributed by atoms with Gasteiger partial charge in [-0.25, -0.2) is 9.78 Å². The predicted octanol–water partition coefficient (Wildman–Crippen LogP) is 0.707. The summed E-state index contributed by atoms with van der Waals surface area (Å²) in [6, 6.07) is 0. The second-order valence-electron chi connectivity index (χ2n) is 5.61. The lowest BCUT2D eigenvalue weighted by Gasteiger charge is -2.51. The molecular formula is C13H17N3O4. The van der Waals surface area contributed by atoms with Crippen molar-refractivity contribution in [2.24, 2.45) is 7.05 Å². The lowest BCUT2D eigenvalue weighted by molar-refractivity contribution is 0.0686. The van der Waals surface area contributed by atoms with Crippen molar-refractivity contribution in [1.82, 2.24) is 9.55 Å². The highest BCUT2D eigenvalue weighted by molar-refractivity contribution is 5.88. The number of hydrogen-bond donors (Lipinski definition) is 2. The van der Waals surface area contributed by atoms with Gasteiger partial charge in [-0.2, -0.15) is 0 Å². The van der Waals surface area contributed by atoms with Crippen LogP contribution >= 0.6 is 0 Å². The van der Waals surface area contributed by atoms with Crippen LogP contribution in [0.4, 0.5) is 5.95 Å². The van der Waals surface area contributed by atoms with Crippen molar-refractivity contribution in [3.63, 3.8) is 0 Å². The summed E-state index contributed by atoms with van der Waals surface area (Å²) >= 11 is 0. The van der Waals surface area contributed by atoms with Gasteiger partial charge in [0.2, 0.25) is 11.7 Å². The molecule has 3 rings (SSSR count). The van der Waals surface area contributed by atoms with E-state index in [4.69, 9.17) is 5.11 Å². The number of carboxylic acids is 1. The Kier molecular flexibility index (Phi) is 2.74. The van der Waals surface area contributed by atoms with Gasteiger partial charge in [-0.15, -0.1) is 0 Å². The van der Waals surface area contributed by atoms with Crippen molar-refractivity contribution in [1.29, 1.82) is 0 Å². The second-order valence-corrected chi connectivity index (χ2v) is 5.61. The van der Waals surface area contributed by atoms with Gasteiger partial charge in [0.15, 0.2) is 5.69 Å². The third-order valence-corrected chi connectivity index (χ3v) is 4.59. The van der Waals surface area contributed by atoms with E-state index < -0.39 is 23.0 Å². The lowest BCUT2D eigenvalue weighted by atomic mass is 9.83. The molecule has 1 aromatic rings. The van der Waals surface area contributed by atoms with E-state index in [9.17, 15) is 14.7 Å². The minimum Gasteiger partial charge on any atom is -0.501 e. The molecule has 0 aromatic carbocycles. The van der Waals surface area contributed by atoms with Crippen molar-refractivity contribution in [2.75, 3.05) is 11.4 Å². The monoisotopic (exact) mass is 279 g/mol. The summed E-state index contributed by atoms with van der Waals surface area (Å²) in [4.78, 5) is 29.1. The number of rotatable bonds is 2. The first-order valence-corrected chi connectivity index (χ1v) is 6.77. The molecule has 0 bridgehead atoms. The number of nitrogens with zero attached hydrogens (tertiary/aromatic N) is 3. The average Bonchev–Trinajstić information content (AvgIpc) is 2.89. The Hall–Kier alpha value is -2.05. The summed E-state index contributed by atoms with van der Waals surface area (Å²) in [5.74, 6) is -1.84. The van der Waals surface area contributed by atoms with Crippen LogP contribution in [-0.4, -0.2) is 37.8 Å². The number of aromatic nitrogens is 2. The molecule has 1 aromatic heterocycles. The van der Waals surface area contributed by atoms with Crippen LogP contribution in [0.2, 0.25) is 0 Å². The number of anilines is 1. The summed E-state index contributed by atoms with van der Waals surface area (Å²) in [5.41, 5.74) is -1.25. The Morgan fingerprint density at radius 2 is 1.95 bits per heavy atom. The van der Waals surface area contributed by atoms with Gasteiger partial charge in [-0.3, -0.25) is 9.36 Å². The van der Waals surface area contributed by atoms with Crippen LogP contribution in [0.15, 0.2) is 4.79 Å². The largest absolute Gasteiger partial charge is 0.501 e. The van der Waals surface area contributed by atoms with Gasteiger partial charge < -0.3 is 15.1 Å². The Labute approximate surface area is 115 Å². The molecule has 0 unspecified atom stereocenters. The second kappa shape index (κ2) is 4.22. The fourth-order valence-electron chi connectivity index (χ4n) is 3.37. The average molecular weight is 279 g/mol.